The molecule has 0 aliphatic heterocycles. The van der Waals surface area contributed by atoms with E-state index in [2.05, 4.69) is 10.3 Å². The van der Waals surface area contributed by atoms with Gasteiger partial charge in [-0.2, -0.15) is 0 Å². The predicted octanol–water partition coefficient (Wildman–Crippen LogP) is 3.27. The van der Waals surface area contributed by atoms with E-state index in [-0.39, 0.29) is 18.1 Å². The van der Waals surface area contributed by atoms with Crippen LogP contribution in [0, 0.1) is 5.82 Å². The summed E-state index contributed by atoms with van der Waals surface area (Å²) in [4.78, 5) is 16.2. The Balaban J connectivity index is 1.77. The van der Waals surface area contributed by atoms with Crippen molar-refractivity contribution in [3.05, 3.63) is 46.7 Å². The van der Waals surface area contributed by atoms with Crippen LogP contribution in [0.25, 0.3) is 0 Å². The number of ether oxygens (including phenoxy) is 1. The summed E-state index contributed by atoms with van der Waals surface area (Å²) in [6, 6.07) is 6.72. The molecule has 0 atom stereocenters. The van der Waals surface area contributed by atoms with Gasteiger partial charge in [0, 0.05) is 31.4 Å². The summed E-state index contributed by atoms with van der Waals surface area (Å²) in [5.41, 5.74) is 1.40. The molecule has 1 N–H and O–H groups in total. The number of carbonyl (C=O) groups is 1. The lowest BCUT2D eigenvalue weighted by Gasteiger charge is -2.03. The number of benzene rings is 1. The van der Waals surface area contributed by atoms with E-state index in [1.54, 1.807) is 19.2 Å². The maximum Gasteiger partial charge on any atom is 0.226 e. The van der Waals surface area contributed by atoms with Crippen LogP contribution in [0.15, 0.2) is 34.0 Å². The van der Waals surface area contributed by atoms with Crippen LogP contribution >= 0.6 is 23.1 Å². The Labute approximate surface area is 143 Å². The first-order chi connectivity index (χ1) is 11.2. The Morgan fingerprint density at radius 3 is 3.04 bits per heavy atom. The van der Waals surface area contributed by atoms with Crippen LogP contribution in [0.4, 0.5) is 4.39 Å². The van der Waals surface area contributed by atoms with Crippen molar-refractivity contribution in [3.8, 4) is 0 Å². The number of methoxy groups -OCH3 is 1. The molecule has 0 saturated carbocycles. The monoisotopic (exact) mass is 354 g/mol. The van der Waals surface area contributed by atoms with Crippen LogP contribution in [-0.2, 0) is 21.7 Å². The van der Waals surface area contributed by atoms with Crippen molar-refractivity contribution in [2.45, 2.75) is 22.9 Å². The molecule has 2 aromatic rings. The third kappa shape index (κ3) is 6.29. The molecule has 2 rings (SSSR count). The molecular formula is C16H19FN2O2S2. The summed E-state index contributed by atoms with van der Waals surface area (Å²) in [5.74, 6) is 0.285. The van der Waals surface area contributed by atoms with Gasteiger partial charge in [0.05, 0.1) is 12.1 Å². The fourth-order valence-corrected chi connectivity index (χ4v) is 3.69. The number of nitrogens with zero attached hydrogens (tertiary/aromatic N) is 1. The summed E-state index contributed by atoms with van der Waals surface area (Å²) in [7, 11) is 1.64. The Morgan fingerprint density at radius 1 is 1.43 bits per heavy atom. The smallest absolute Gasteiger partial charge is 0.226 e. The highest BCUT2D eigenvalue weighted by Crippen LogP contribution is 2.27. The van der Waals surface area contributed by atoms with Gasteiger partial charge in [0.15, 0.2) is 0 Å². The third-order valence-corrected chi connectivity index (χ3v) is 5.15. The number of aromatic nitrogens is 1. The van der Waals surface area contributed by atoms with Crippen LogP contribution in [0.2, 0.25) is 0 Å². The van der Waals surface area contributed by atoms with E-state index in [4.69, 9.17) is 4.74 Å². The normalized spacial score (nSPS) is 10.7. The Morgan fingerprint density at radius 2 is 2.26 bits per heavy atom. The number of hydrogen-bond acceptors (Lipinski definition) is 5. The van der Waals surface area contributed by atoms with Gasteiger partial charge in [-0.25, -0.2) is 9.37 Å². The van der Waals surface area contributed by atoms with E-state index >= 15 is 0 Å². The number of hydrogen-bond donors (Lipinski definition) is 1. The quantitative estimate of drug-likeness (QED) is 0.555. The average molecular weight is 354 g/mol. The van der Waals surface area contributed by atoms with Crippen molar-refractivity contribution < 1.29 is 13.9 Å². The fraction of sp³-hybridized carbons (Fsp3) is 0.375. The minimum atomic E-state index is -0.202. The zero-order valence-corrected chi connectivity index (χ0v) is 14.5. The fourth-order valence-electron chi connectivity index (χ4n) is 1.86. The number of thioether (sulfide) groups is 1. The SMILES string of the molecule is COCCCNC(=O)Cc1csc(SCc2ccccc2F)n1. The van der Waals surface area contributed by atoms with Crippen molar-refractivity contribution in [2.24, 2.45) is 0 Å². The molecule has 0 bridgehead atoms. The highest BCUT2D eigenvalue weighted by atomic mass is 32.2. The second-order valence-corrected chi connectivity index (χ2v) is 6.94. The first-order valence-corrected chi connectivity index (χ1v) is 9.12. The van der Waals surface area contributed by atoms with Gasteiger partial charge in [-0.15, -0.1) is 11.3 Å². The lowest BCUT2D eigenvalue weighted by atomic mass is 10.2. The van der Waals surface area contributed by atoms with Crippen LogP contribution in [0.5, 0.6) is 0 Å². The molecule has 7 heteroatoms. The van der Waals surface area contributed by atoms with Crippen LogP contribution in [0.3, 0.4) is 0 Å². The minimum Gasteiger partial charge on any atom is -0.385 e. The van der Waals surface area contributed by atoms with Crippen molar-refractivity contribution in [2.75, 3.05) is 20.3 Å². The number of carbonyl (C=O) groups excluding carboxylic acids is 1. The molecule has 0 spiro atoms. The first-order valence-electron chi connectivity index (χ1n) is 7.25. The molecular weight excluding hydrogens is 335 g/mol. The average Bonchev–Trinajstić information content (AvgIpc) is 2.98. The second-order valence-electron chi connectivity index (χ2n) is 4.86. The van der Waals surface area contributed by atoms with E-state index in [9.17, 15) is 9.18 Å². The van der Waals surface area contributed by atoms with Crippen LogP contribution in [0.1, 0.15) is 17.7 Å². The van der Waals surface area contributed by atoms with Gasteiger partial charge in [-0.05, 0) is 18.1 Å². The molecule has 4 nitrogen and oxygen atoms in total. The van der Waals surface area contributed by atoms with E-state index in [1.165, 1.54) is 29.2 Å². The largest absolute Gasteiger partial charge is 0.385 e. The number of rotatable bonds is 9. The first kappa shape index (κ1) is 17.9. The predicted molar refractivity (Wildman–Crippen MR) is 91.3 cm³/mol. The molecule has 0 saturated heterocycles. The van der Waals surface area contributed by atoms with E-state index < -0.39 is 0 Å². The summed E-state index contributed by atoms with van der Waals surface area (Å²) in [5, 5.41) is 4.70. The second kappa shape index (κ2) is 9.64. The highest BCUT2D eigenvalue weighted by Gasteiger charge is 2.09. The minimum absolute atomic E-state index is 0.0444. The van der Waals surface area contributed by atoms with Gasteiger partial charge in [0.1, 0.15) is 10.2 Å². The standard InChI is InChI=1S/C16H19FN2O2S2/c1-21-8-4-7-18-15(20)9-13-11-23-16(19-13)22-10-12-5-2-3-6-14(12)17/h2-3,5-6,11H,4,7-10H2,1H3,(H,18,20). The molecule has 1 aromatic heterocycles. The number of nitrogens with one attached hydrogen (secondary N) is 1. The zero-order valence-electron chi connectivity index (χ0n) is 12.9. The lowest BCUT2D eigenvalue weighted by Crippen LogP contribution is -2.26. The molecule has 1 amide bonds. The van der Waals surface area contributed by atoms with Gasteiger partial charge >= 0.3 is 0 Å². The summed E-state index contributed by atoms with van der Waals surface area (Å²) >= 11 is 2.96. The van der Waals surface area contributed by atoms with Gasteiger partial charge in [0.25, 0.3) is 0 Å². The lowest BCUT2D eigenvalue weighted by molar-refractivity contribution is -0.120. The molecule has 124 valence electrons. The maximum absolute atomic E-state index is 13.6. The van der Waals surface area contributed by atoms with Crippen molar-refractivity contribution in [1.82, 2.24) is 10.3 Å². The number of amides is 1. The Kier molecular flexibility index (Phi) is 7.51. The van der Waals surface area contributed by atoms with E-state index in [0.717, 1.165) is 16.5 Å². The number of thiazole rings is 1. The zero-order chi connectivity index (χ0) is 16.5. The summed E-state index contributed by atoms with van der Waals surface area (Å²) in [6.07, 6.45) is 1.06. The third-order valence-electron chi connectivity index (χ3n) is 3.03. The van der Waals surface area contributed by atoms with Crippen molar-refractivity contribution in [3.63, 3.8) is 0 Å². The highest BCUT2D eigenvalue weighted by molar-refractivity contribution is 8.00. The van der Waals surface area contributed by atoms with E-state index in [1.807, 2.05) is 11.4 Å². The molecule has 1 heterocycles. The van der Waals surface area contributed by atoms with Crippen LogP contribution < -0.4 is 5.32 Å². The van der Waals surface area contributed by atoms with Crippen molar-refractivity contribution in [1.29, 1.82) is 0 Å². The molecule has 0 radical (unpaired) electrons. The molecule has 0 unspecified atom stereocenters. The molecule has 0 aliphatic carbocycles. The Hall–Kier alpha value is -1.44. The summed E-state index contributed by atoms with van der Waals surface area (Å²) < 4.78 is 19.3. The maximum atomic E-state index is 13.6. The van der Waals surface area contributed by atoms with Crippen molar-refractivity contribution >= 4 is 29.0 Å². The van der Waals surface area contributed by atoms with Gasteiger partial charge < -0.3 is 10.1 Å². The van der Waals surface area contributed by atoms with Crippen LogP contribution in [-0.4, -0.2) is 31.2 Å². The van der Waals surface area contributed by atoms with Gasteiger partial charge in [-0.1, -0.05) is 30.0 Å². The Bertz CT molecular complexity index is 634. The molecule has 1 aromatic carbocycles. The molecule has 23 heavy (non-hydrogen) atoms. The van der Waals surface area contributed by atoms with Gasteiger partial charge in [0.2, 0.25) is 5.91 Å². The van der Waals surface area contributed by atoms with E-state index in [0.29, 0.717) is 24.5 Å². The number of halogens is 1. The molecule has 0 fully saturated rings. The summed E-state index contributed by atoms with van der Waals surface area (Å²) in [6.45, 7) is 1.24. The van der Waals surface area contributed by atoms with Gasteiger partial charge in [-0.3, -0.25) is 4.79 Å². The topological polar surface area (TPSA) is 51.2 Å². The molecule has 0 aliphatic rings.